The fraction of sp³-hybridized carbons (Fsp3) is 0.0500. The van der Waals surface area contributed by atoms with Gasteiger partial charge in [-0.15, -0.1) is 0 Å². The van der Waals surface area contributed by atoms with E-state index in [4.69, 9.17) is 4.74 Å². The Hall–Kier alpha value is -3.81. The number of nitrogens with one attached hydrogen (secondary N) is 1. The van der Waals surface area contributed by atoms with Gasteiger partial charge in [-0.25, -0.2) is 8.78 Å². The number of benzene rings is 3. The molecule has 1 N–H and O–H groups in total. The van der Waals surface area contributed by atoms with Crippen LogP contribution in [0.3, 0.4) is 0 Å². The summed E-state index contributed by atoms with van der Waals surface area (Å²) in [5, 5.41) is 14.0. The van der Waals surface area contributed by atoms with Crippen molar-refractivity contribution in [1.82, 2.24) is 0 Å². The fourth-order valence-electron chi connectivity index (χ4n) is 2.54. The molecule has 3 rings (SSSR count). The summed E-state index contributed by atoms with van der Waals surface area (Å²) in [6.07, 6.45) is 0. The second-order valence-corrected chi connectivity index (χ2v) is 5.84. The Balaban J connectivity index is 2.04. The molecule has 28 heavy (non-hydrogen) atoms. The third-order valence-corrected chi connectivity index (χ3v) is 3.86. The third kappa shape index (κ3) is 4.12. The van der Waals surface area contributed by atoms with E-state index in [2.05, 4.69) is 5.32 Å². The van der Waals surface area contributed by atoms with Gasteiger partial charge in [-0.05, 0) is 37.3 Å². The van der Waals surface area contributed by atoms with Crippen molar-refractivity contribution < 1.29 is 23.2 Å². The van der Waals surface area contributed by atoms with Gasteiger partial charge in [-0.1, -0.05) is 12.1 Å². The molecule has 8 heteroatoms. The SMILES string of the molecule is CC(=O)c1ccccc1Nc1cc([N+](=O)[O-])ccc1Oc1ccc(F)cc1F. The van der Waals surface area contributed by atoms with E-state index in [1.807, 2.05) is 0 Å². The maximum Gasteiger partial charge on any atom is 0.271 e. The average molecular weight is 384 g/mol. The highest BCUT2D eigenvalue weighted by molar-refractivity contribution is 6.00. The standard InChI is InChI=1S/C20H14F2N2O4/c1-12(25)15-4-2-3-5-17(15)23-18-11-14(24(26)27)7-9-20(18)28-19-8-6-13(21)10-16(19)22/h2-11,23H,1H3. The Labute approximate surface area is 158 Å². The van der Waals surface area contributed by atoms with Crippen LogP contribution in [0.2, 0.25) is 0 Å². The first-order chi connectivity index (χ1) is 13.3. The third-order valence-electron chi connectivity index (χ3n) is 3.86. The number of Topliss-reactive ketones (excluding diaryl/α,β-unsaturated/α-hetero) is 1. The molecule has 0 aliphatic rings. The first-order valence-electron chi connectivity index (χ1n) is 8.13. The number of halogens is 2. The first kappa shape index (κ1) is 19.0. The zero-order valence-corrected chi connectivity index (χ0v) is 14.6. The first-order valence-corrected chi connectivity index (χ1v) is 8.13. The average Bonchev–Trinajstić information content (AvgIpc) is 2.65. The number of carbonyl (C=O) groups excluding carboxylic acids is 1. The molecule has 6 nitrogen and oxygen atoms in total. The number of non-ortho nitro benzene ring substituents is 1. The van der Waals surface area contributed by atoms with E-state index >= 15 is 0 Å². The maximum absolute atomic E-state index is 13.9. The summed E-state index contributed by atoms with van der Waals surface area (Å²) < 4.78 is 32.5. The Morgan fingerprint density at radius 2 is 1.71 bits per heavy atom. The number of ketones is 1. The van der Waals surface area contributed by atoms with E-state index in [9.17, 15) is 23.7 Å². The molecule has 0 saturated carbocycles. The molecule has 0 saturated heterocycles. The highest BCUT2D eigenvalue weighted by Crippen LogP contribution is 2.36. The van der Waals surface area contributed by atoms with Gasteiger partial charge in [-0.3, -0.25) is 14.9 Å². The van der Waals surface area contributed by atoms with Crippen LogP contribution in [0.1, 0.15) is 17.3 Å². The predicted octanol–water partition coefficient (Wildman–Crippen LogP) is 5.61. The summed E-state index contributed by atoms with van der Waals surface area (Å²) in [6, 6.07) is 13.1. The van der Waals surface area contributed by atoms with Gasteiger partial charge in [0.15, 0.2) is 23.1 Å². The molecule has 142 valence electrons. The minimum atomic E-state index is -0.923. The monoisotopic (exact) mass is 384 g/mol. The molecule has 0 aliphatic carbocycles. The van der Waals surface area contributed by atoms with Crippen molar-refractivity contribution in [1.29, 1.82) is 0 Å². The van der Waals surface area contributed by atoms with Crippen molar-refractivity contribution >= 4 is 22.8 Å². The largest absolute Gasteiger partial charge is 0.452 e. The van der Waals surface area contributed by atoms with Gasteiger partial charge < -0.3 is 10.1 Å². The topological polar surface area (TPSA) is 81.5 Å². The molecule has 0 aliphatic heterocycles. The smallest absolute Gasteiger partial charge is 0.271 e. The van der Waals surface area contributed by atoms with Crippen molar-refractivity contribution in [2.45, 2.75) is 6.92 Å². The van der Waals surface area contributed by atoms with Gasteiger partial charge >= 0.3 is 0 Å². The van der Waals surface area contributed by atoms with Gasteiger partial charge in [0.1, 0.15) is 5.82 Å². The van der Waals surface area contributed by atoms with Crippen LogP contribution >= 0.6 is 0 Å². The van der Waals surface area contributed by atoms with E-state index in [0.717, 1.165) is 12.1 Å². The Morgan fingerprint density at radius 3 is 2.39 bits per heavy atom. The van der Waals surface area contributed by atoms with E-state index in [1.54, 1.807) is 24.3 Å². The van der Waals surface area contributed by atoms with Gasteiger partial charge in [0.25, 0.3) is 5.69 Å². The summed E-state index contributed by atoms with van der Waals surface area (Å²) in [5.41, 5.74) is 0.689. The summed E-state index contributed by atoms with van der Waals surface area (Å²) in [5.74, 6) is -2.08. The molecule has 3 aromatic rings. The fourth-order valence-corrected chi connectivity index (χ4v) is 2.54. The molecule has 0 spiro atoms. The number of hydrogen-bond acceptors (Lipinski definition) is 5. The van der Waals surface area contributed by atoms with Crippen LogP contribution in [0, 0.1) is 21.7 Å². The van der Waals surface area contributed by atoms with Crippen molar-refractivity contribution in [2.75, 3.05) is 5.32 Å². The molecule has 0 atom stereocenters. The lowest BCUT2D eigenvalue weighted by Crippen LogP contribution is -2.02. The lowest BCUT2D eigenvalue weighted by molar-refractivity contribution is -0.384. The van der Waals surface area contributed by atoms with Crippen molar-refractivity contribution in [3.05, 3.63) is 88.0 Å². The van der Waals surface area contributed by atoms with E-state index < -0.39 is 16.6 Å². The van der Waals surface area contributed by atoms with Crippen LogP contribution in [-0.2, 0) is 0 Å². The number of ether oxygens (including phenoxy) is 1. The number of anilines is 2. The summed E-state index contributed by atoms with van der Waals surface area (Å²) >= 11 is 0. The summed E-state index contributed by atoms with van der Waals surface area (Å²) in [7, 11) is 0. The van der Waals surface area contributed by atoms with Crippen LogP contribution < -0.4 is 10.1 Å². The van der Waals surface area contributed by atoms with E-state index in [1.165, 1.54) is 25.1 Å². The molecule has 0 heterocycles. The summed E-state index contributed by atoms with van der Waals surface area (Å²) in [6.45, 7) is 1.39. The lowest BCUT2D eigenvalue weighted by atomic mass is 10.1. The molecule has 0 aromatic heterocycles. The lowest BCUT2D eigenvalue weighted by Gasteiger charge is -2.15. The highest BCUT2D eigenvalue weighted by Gasteiger charge is 2.16. The minimum absolute atomic E-state index is 0.0643. The molecular formula is C20H14F2N2O4. The quantitative estimate of drug-likeness (QED) is 0.339. The Kier molecular flexibility index (Phi) is 5.30. The van der Waals surface area contributed by atoms with Crippen LogP contribution in [0.25, 0.3) is 0 Å². The van der Waals surface area contributed by atoms with Crippen molar-refractivity contribution in [3.63, 3.8) is 0 Å². The van der Waals surface area contributed by atoms with Gasteiger partial charge in [0.2, 0.25) is 0 Å². The predicted molar refractivity (Wildman–Crippen MR) is 99.3 cm³/mol. The number of nitrogens with zero attached hydrogens (tertiary/aromatic N) is 1. The molecule has 0 unspecified atom stereocenters. The van der Waals surface area contributed by atoms with Crippen LogP contribution in [-0.4, -0.2) is 10.7 Å². The van der Waals surface area contributed by atoms with E-state index in [0.29, 0.717) is 17.3 Å². The van der Waals surface area contributed by atoms with Crippen LogP contribution in [0.4, 0.5) is 25.8 Å². The highest BCUT2D eigenvalue weighted by atomic mass is 19.1. The zero-order valence-electron chi connectivity index (χ0n) is 14.6. The van der Waals surface area contributed by atoms with Gasteiger partial charge in [-0.2, -0.15) is 0 Å². The van der Waals surface area contributed by atoms with Gasteiger partial charge in [0.05, 0.1) is 10.6 Å². The Morgan fingerprint density at radius 1 is 1.00 bits per heavy atom. The number of rotatable bonds is 6. The molecule has 0 fully saturated rings. The van der Waals surface area contributed by atoms with Crippen molar-refractivity contribution in [3.8, 4) is 11.5 Å². The molecule has 0 amide bonds. The molecule has 0 radical (unpaired) electrons. The zero-order chi connectivity index (χ0) is 20.3. The van der Waals surface area contributed by atoms with Crippen LogP contribution in [0.5, 0.6) is 11.5 Å². The van der Waals surface area contributed by atoms with Gasteiger partial charge in [0, 0.05) is 29.4 Å². The number of carbonyl (C=O) groups is 1. The second kappa shape index (κ2) is 7.83. The Bertz CT molecular complexity index is 1070. The number of nitro benzene ring substituents is 1. The maximum atomic E-state index is 13.9. The normalized spacial score (nSPS) is 10.4. The van der Waals surface area contributed by atoms with E-state index in [-0.39, 0.29) is 28.7 Å². The molecular weight excluding hydrogens is 370 g/mol. The molecule has 3 aromatic carbocycles. The number of nitro groups is 1. The summed E-state index contributed by atoms with van der Waals surface area (Å²) in [4.78, 5) is 22.3. The van der Waals surface area contributed by atoms with Crippen molar-refractivity contribution in [2.24, 2.45) is 0 Å². The number of hydrogen-bond donors (Lipinski definition) is 1. The second-order valence-electron chi connectivity index (χ2n) is 5.84. The van der Waals surface area contributed by atoms with Crippen LogP contribution in [0.15, 0.2) is 60.7 Å². The molecule has 0 bridgehead atoms. The minimum Gasteiger partial charge on any atom is -0.452 e. The number of para-hydroxylation sites is 1.